The summed E-state index contributed by atoms with van der Waals surface area (Å²) in [7, 11) is 3.12. The van der Waals surface area contributed by atoms with Crippen LogP contribution in [0.4, 0.5) is 5.69 Å². The molecule has 1 aliphatic rings. The molecule has 1 heterocycles. The molecule has 0 saturated carbocycles. The number of hydrogen-bond acceptors (Lipinski definition) is 5. The summed E-state index contributed by atoms with van der Waals surface area (Å²) in [4.78, 5) is 12.4. The molecule has 0 fully saturated rings. The van der Waals surface area contributed by atoms with Gasteiger partial charge in [-0.25, -0.2) is 0 Å². The minimum Gasteiger partial charge on any atom is -0.493 e. The maximum atomic E-state index is 12.4. The molecule has 28 heavy (non-hydrogen) atoms. The molecule has 1 N–H and O–H groups in total. The lowest BCUT2D eigenvalue weighted by atomic mass is 10.1. The molecule has 0 spiro atoms. The van der Waals surface area contributed by atoms with E-state index in [2.05, 4.69) is 5.32 Å². The summed E-state index contributed by atoms with van der Waals surface area (Å²) in [6, 6.07) is 7.07. The summed E-state index contributed by atoms with van der Waals surface area (Å²) in [6.45, 7) is 3.01. The van der Waals surface area contributed by atoms with Gasteiger partial charge >= 0.3 is 0 Å². The van der Waals surface area contributed by atoms with E-state index in [9.17, 15) is 4.79 Å². The van der Waals surface area contributed by atoms with Crippen molar-refractivity contribution in [2.75, 3.05) is 32.8 Å². The van der Waals surface area contributed by atoms with Gasteiger partial charge in [-0.05, 0) is 42.3 Å². The Bertz CT molecular complexity index is 910. The van der Waals surface area contributed by atoms with Gasteiger partial charge in [0.2, 0.25) is 5.91 Å². The molecule has 3 rings (SSSR count). The van der Waals surface area contributed by atoms with Crippen LogP contribution in [-0.4, -0.2) is 33.3 Å². The van der Waals surface area contributed by atoms with Gasteiger partial charge in [0.15, 0.2) is 23.0 Å². The first-order valence-electron chi connectivity index (χ1n) is 8.82. The number of amides is 1. The summed E-state index contributed by atoms with van der Waals surface area (Å²) in [6.07, 6.45) is 3.90. The molecule has 0 bridgehead atoms. The molecule has 7 heteroatoms. The van der Waals surface area contributed by atoms with Gasteiger partial charge in [0.25, 0.3) is 0 Å². The highest BCUT2D eigenvalue weighted by molar-refractivity contribution is 6.32. The minimum atomic E-state index is -0.279. The van der Waals surface area contributed by atoms with E-state index in [1.807, 2.05) is 13.0 Å². The fourth-order valence-corrected chi connectivity index (χ4v) is 3.08. The van der Waals surface area contributed by atoms with Crippen LogP contribution < -0.4 is 24.3 Å². The van der Waals surface area contributed by atoms with Crippen LogP contribution in [0.2, 0.25) is 5.02 Å². The lowest BCUT2D eigenvalue weighted by Crippen LogP contribution is -2.09. The molecule has 0 aliphatic carbocycles. The van der Waals surface area contributed by atoms with Crippen molar-refractivity contribution in [1.82, 2.24) is 0 Å². The smallest absolute Gasteiger partial charge is 0.248 e. The quantitative estimate of drug-likeness (QED) is 0.745. The number of ether oxygens (including phenoxy) is 4. The summed E-state index contributed by atoms with van der Waals surface area (Å²) < 4.78 is 21.8. The van der Waals surface area contributed by atoms with Crippen molar-refractivity contribution in [3.63, 3.8) is 0 Å². The van der Waals surface area contributed by atoms with Crippen molar-refractivity contribution in [2.24, 2.45) is 0 Å². The number of hydrogen-bond donors (Lipinski definition) is 1. The molecular weight excluding hydrogens is 382 g/mol. The Morgan fingerprint density at radius 2 is 1.82 bits per heavy atom. The van der Waals surface area contributed by atoms with E-state index in [0.29, 0.717) is 46.9 Å². The minimum absolute atomic E-state index is 0.279. The van der Waals surface area contributed by atoms with E-state index < -0.39 is 0 Å². The second kappa shape index (κ2) is 8.89. The Balaban J connectivity index is 1.76. The van der Waals surface area contributed by atoms with Crippen LogP contribution in [0.3, 0.4) is 0 Å². The highest BCUT2D eigenvalue weighted by Crippen LogP contribution is 2.38. The van der Waals surface area contributed by atoms with Crippen molar-refractivity contribution < 1.29 is 23.7 Å². The predicted octanol–water partition coefficient (Wildman–Crippen LogP) is 4.48. The molecule has 0 aromatic heterocycles. The van der Waals surface area contributed by atoms with E-state index >= 15 is 0 Å². The average molecular weight is 404 g/mol. The zero-order valence-electron chi connectivity index (χ0n) is 16.0. The predicted molar refractivity (Wildman–Crippen MR) is 109 cm³/mol. The number of nitrogens with one attached hydrogen (secondary N) is 1. The molecule has 0 radical (unpaired) electrons. The van der Waals surface area contributed by atoms with E-state index in [0.717, 1.165) is 17.5 Å². The van der Waals surface area contributed by atoms with E-state index in [4.69, 9.17) is 30.5 Å². The Morgan fingerprint density at radius 3 is 2.57 bits per heavy atom. The Kier molecular flexibility index (Phi) is 6.31. The Hall–Kier alpha value is -2.86. The van der Waals surface area contributed by atoms with E-state index in [1.54, 1.807) is 38.5 Å². The third-order valence-electron chi connectivity index (χ3n) is 4.24. The second-order valence-electron chi connectivity index (χ2n) is 6.23. The van der Waals surface area contributed by atoms with Gasteiger partial charge in [0, 0.05) is 24.3 Å². The van der Waals surface area contributed by atoms with Crippen molar-refractivity contribution in [3.8, 4) is 23.0 Å². The standard InChI is InChI=1S/C21H22ClNO5/c1-13-9-17(25-2)18(26-3)12-16(13)23-20(24)6-5-14-10-15(22)21-19(11-14)27-7-4-8-28-21/h5-6,9-12H,4,7-8H2,1-3H3,(H,23,24)/b6-5+. The zero-order chi connectivity index (χ0) is 20.1. The van der Waals surface area contributed by atoms with Crippen LogP contribution in [0.1, 0.15) is 17.5 Å². The van der Waals surface area contributed by atoms with Crippen molar-refractivity contribution in [1.29, 1.82) is 0 Å². The van der Waals surface area contributed by atoms with Crippen LogP contribution in [0.25, 0.3) is 6.08 Å². The molecule has 0 unspecified atom stereocenters. The molecule has 148 valence electrons. The zero-order valence-corrected chi connectivity index (χ0v) is 16.8. The maximum absolute atomic E-state index is 12.4. The number of fused-ring (bicyclic) bond motifs is 1. The van der Waals surface area contributed by atoms with Gasteiger partial charge in [-0.2, -0.15) is 0 Å². The normalized spacial score (nSPS) is 13.1. The van der Waals surface area contributed by atoms with Crippen LogP contribution in [0.5, 0.6) is 23.0 Å². The number of aryl methyl sites for hydroxylation is 1. The number of methoxy groups -OCH3 is 2. The van der Waals surface area contributed by atoms with Gasteiger partial charge in [-0.1, -0.05) is 11.6 Å². The largest absolute Gasteiger partial charge is 0.493 e. The molecule has 2 aromatic carbocycles. The third-order valence-corrected chi connectivity index (χ3v) is 4.52. The van der Waals surface area contributed by atoms with E-state index in [1.165, 1.54) is 6.08 Å². The monoisotopic (exact) mass is 403 g/mol. The fourth-order valence-electron chi connectivity index (χ4n) is 2.81. The first kappa shape index (κ1) is 19.9. The lowest BCUT2D eigenvalue weighted by Gasteiger charge is -2.13. The summed E-state index contributed by atoms with van der Waals surface area (Å²) >= 11 is 6.28. The molecule has 0 atom stereocenters. The molecule has 1 aliphatic heterocycles. The molecule has 6 nitrogen and oxygen atoms in total. The Morgan fingerprint density at radius 1 is 1.11 bits per heavy atom. The average Bonchev–Trinajstić information content (AvgIpc) is 2.93. The first-order chi connectivity index (χ1) is 13.5. The second-order valence-corrected chi connectivity index (χ2v) is 6.63. The maximum Gasteiger partial charge on any atom is 0.248 e. The number of anilines is 1. The van der Waals surface area contributed by atoms with E-state index in [-0.39, 0.29) is 5.91 Å². The van der Waals surface area contributed by atoms with Gasteiger partial charge in [0.05, 0.1) is 32.5 Å². The molecular formula is C21H22ClNO5. The van der Waals surface area contributed by atoms with Crippen LogP contribution in [0.15, 0.2) is 30.3 Å². The number of halogens is 1. The Labute approximate surface area is 169 Å². The van der Waals surface area contributed by atoms with Crippen molar-refractivity contribution >= 4 is 29.3 Å². The molecule has 0 saturated heterocycles. The fraction of sp³-hybridized carbons (Fsp3) is 0.286. The van der Waals surface area contributed by atoms with Gasteiger partial charge in [-0.15, -0.1) is 0 Å². The number of carbonyl (C=O) groups is 1. The summed E-state index contributed by atoms with van der Waals surface area (Å²) in [5.74, 6) is 2.00. The third kappa shape index (κ3) is 4.51. The molecule has 1 amide bonds. The number of rotatable bonds is 5. The topological polar surface area (TPSA) is 66.0 Å². The number of benzene rings is 2. The van der Waals surface area contributed by atoms with Crippen LogP contribution in [-0.2, 0) is 4.79 Å². The lowest BCUT2D eigenvalue weighted by molar-refractivity contribution is -0.111. The van der Waals surface area contributed by atoms with Crippen molar-refractivity contribution in [3.05, 3.63) is 46.5 Å². The van der Waals surface area contributed by atoms with Gasteiger partial charge in [0.1, 0.15) is 0 Å². The summed E-state index contributed by atoms with van der Waals surface area (Å²) in [5.41, 5.74) is 2.25. The summed E-state index contributed by atoms with van der Waals surface area (Å²) in [5, 5.41) is 3.30. The van der Waals surface area contributed by atoms with Gasteiger partial charge in [-0.3, -0.25) is 4.79 Å². The highest BCUT2D eigenvalue weighted by Gasteiger charge is 2.15. The molecule has 2 aromatic rings. The van der Waals surface area contributed by atoms with Gasteiger partial charge < -0.3 is 24.3 Å². The van der Waals surface area contributed by atoms with Crippen molar-refractivity contribution in [2.45, 2.75) is 13.3 Å². The highest BCUT2D eigenvalue weighted by atomic mass is 35.5. The number of carbonyl (C=O) groups excluding carboxylic acids is 1. The van der Waals surface area contributed by atoms with Crippen LogP contribution >= 0.6 is 11.6 Å². The van der Waals surface area contributed by atoms with Crippen LogP contribution in [0, 0.1) is 6.92 Å². The first-order valence-corrected chi connectivity index (χ1v) is 9.20. The SMILES string of the molecule is COc1cc(C)c(NC(=O)/C=C/c2cc(Cl)c3c(c2)OCCCO3)cc1OC.